The van der Waals surface area contributed by atoms with Gasteiger partial charge in [-0.1, -0.05) is 12.1 Å². The molecule has 0 aliphatic heterocycles. The maximum atomic E-state index is 14.1. The third kappa shape index (κ3) is 2.56. The molecule has 2 N–H and O–H groups in total. The molecule has 0 amide bonds. The Hall–Kier alpha value is -1.81. The van der Waals surface area contributed by atoms with Gasteiger partial charge in [-0.3, -0.25) is 0 Å². The molecule has 1 unspecified atom stereocenters. The van der Waals surface area contributed by atoms with E-state index in [0.717, 1.165) is 5.56 Å². The van der Waals surface area contributed by atoms with Crippen LogP contribution >= 0.6 is 0 Å². The second-order valence-electron chi connectivity index (χ2n) is 5.41. The molecule has 4 heteroatoms. The number of nitrogens with two attached hydrogens (primary N) is 1. The van der Waals surface area contributed by atoms with E-state index in [0.29, 0.717) is 18.0 Å². The summed E-state index contributed by atoms with van der Waals surface area (Å²) in [5, 5.41) is 0. The lowest BCUT2D eigenvalue weighted by Gasteiger charge is -2.09. The first-order valence-electron chi connectivity index (χ1n) is 6.91. The van der Waals surface area contributed by atoms with Gasteiger partial charge in [0.05, 0.1) is 13.7 Å². The van der Waals surface area contributed by atoms with E-state index in [4.69, 9.17) is 10.5 Å². The topological polar surface area (TPSA) is 40.2 Å². The van der Waals surface area contributed by atoms with Gasteiger partial charge in [-0.2, -0.15) is 0 Å². The van der Waals surface area contributed by atoms with Gasteiger partial charge in [0.15, 0.2) is 11.6 Å². The Morgan fingerprint density at radius 2 is 2.20 bits per heavy atom. The molecule has 1 heterocycles. The summed E-state index contributed by atoms with van der Waals surface area (Å²) in [4.78, 5) is 0. The van der Waals surface area contributed by atoms with Gasteiger partial charge in [-0.25, -0.2) is 4.39 Å². The minimum atomic E-state index is -0.295. The Bertz CT molecular complexity index is 604. The fourth-order valence-electron chi connectivity index (χ4n) is 2.52. The fraction of sp³-hybridized carbons (Fsp3) is 0.375. The van der Waals surface area contributed by atoms with Gasteiger partial charge in [-0.15, -0.1) is 0 Å². The number of benzene rings is 1. The second-order valence-corrected chi connectivity index (χ2v) is 5.41. The van der Waals surface area contributed by atoms with Crippen LogP contribution in [0.5, 0.6) is 5.75 Å². The fourth-order valence-corrected chi connectivity index (χ4v) is 2.52. The zero-order valence-electron chi connectivity index (χ0n) is 11.6. The second kappa shape index (κ2) is 5.29. The van der Waals surface area contributed by atoms with E-state index in [9.17, 15) is 4.39 Å². The van der Waals surface area contributed by atoms with Crippen LogP contribution in [0.3, 0.4) is 0 Å². The molecule has 0 spiro atoms. The van der Waals surface area contributed by atoms with E-state index in [2.05, 4.69) is 0 Å². The van der Waals surface area contributed by atoms with Gasteiger partial charge in [0, 0.05) is 24.0 Å². The molecule has 0 radical (unpaired) electrons. The van der Waals surface area contributed by atoms with Crippen LogP contribution in [0.2, 0.25) is 0 Å². The van der Waals surface area contributed by atoms with Crippen LogP contribution in [-0.2, 0) is 6.54 Å². The number of halogens is 1. The predicted molar refractivity (Wildman–Crippen MR) is 76.1 cm³/mol. The minimum absolute atomic E-state index is 0.117. The average Bonchev–Trinajstić information content (AvgIpc) is 3.20. The van der Waals surface area contributed by atoms with E-state index in [1.54, 1.807) is 18.2 Å². The molecule has 3 nitrogen and oxygen atoms in total. The number of methoxy groups -OCH3 is 1. The summed E-state index contributed by atoms with van der Waals surface area (Å²) < 4.78 is 21.1. The van der Waals surface area contributed by atoms with Crippen LogP contribution in [0, 0.1) is 11.7 Å². The molecule has 106 valence electrons. The Labute approximate surface area is 118 Å². The number of ether oxygens (including phenoxy) is 1. The van der Waals surface area contributed by atoms with Gasteiger partial charge in [0.2, 0.25) is 0 Å². The number of nitrogens with zero attached hydrogens (tertiary/aromatic N) is 1. The SMILES string of the molecule is COc1cccc(Cn2ccc(C(N)C3CC3)c2)c1F. The van der Waals surface area contributed by atoms with Crippen LogP contribution in [0.25, 0.3) is 0 Å². The summed E-state index contributed by atoms with van der Waals surface area (Å²) in [5.74, 6) is 0.612. The number of rotatable bonds is 5. The van der Waals surface area contributed by atoms with Crippen molar-refractivity contribution in [3.05, 3.63) is 53.6 Å². The minimum Gasteiger partial charge on any atom is -0.494 e. The smallest absolute Gasteiger partial charge is 0.170 e. The maximum absolute atomic E-state index is 14.1. The van der Waals surface area contributed by atoms with E-state index >= 15 is 0 Å². The number of hydrogen-bond acceptors (Lipinski definition) is 2. The molecule has 1 aromatic heterocycles. The van der Waals surface area contributed by atoms with Gasteiger partial charge in [0.1, 0.15) is 0 Å². The van der Waals surface area contributed by atoms with Crippen molar-refractivity contribution in [3.63, 3.8) is 0 Å². The van der Waals surface area contributed by atoms with Gasteiger partial charge in [0.25, 0.3) is 0 Å². The zero-order valence-corrected chi connectivity index (χ0v) is 11.6. The summed E-state index contributed by atoms with van der Waals surface area (Å²) in [5.41, 5.74) is 7.93. The average molecular weight is 274 g/mol. The molecule has 1 aromatic carbocycles. The molecule has 3 rings (SSSR count). The van der Waals surface area contributed by atoms with Crippen molar-refractivity contribution < 1.29 is 9.13 Å². The Balaban J connectivity index is 1.77. The quantitative estimate of drug-likeness (QED) is 0.910. The Morgan fingerprint density at radius 3 is 2.90 bits per heavy atom. The highest BCUT2D eigenvalue weighted by Crippen LogP contribution is 2.39. The lowest BCUT2D eigenvalue weighted by atomic mass is 10.1. The lowest BCUT2D eigenvalue weighted by Crippen LogP contribution is -2.11. The molecule has 1 saturated carbocycles. The highest BCUT2D eigenvalue weighted by molar-refractivity contribution is 5.31. The van der Waals surface area contributed by atoms with Crippen molar-refractivity contribution in [1.82, 2.24) is 4.57 Å². The predicted octanol–water partition coefficient (Wildman–Crippen LogP) is 3.09. The number of hydrogen-bond donors (Lipinski definition) is 1. The van der Waals surface area contributed by atoms with Crippen molar-refractivity contribution in [2.24, 2.45) is 11.7 Å². The molecule has 1 atom stereocenters. The summed E-state index contributed by atoms with van der Waals surface area (Å²) in [6, 6.07) is 7.35. The van der Waals surface area contributed by atoms with Crippen LogP contribution in [0.1, 0.15) is 30.0 Å². The first kappa shape index (κ1) is 13.2. The standard InChI is InChI=1S/C16H19FN2O/c1-20-14-4-2-3-12(15(14)17)9-19-8-7-13(10-19)16(18)11-5-6-11/h2-4,7-8,10-11,16H,5-6,9,18H2,1H3. The van der Waals surface area contributed by atoms with Crippen molar-refractivity contribution >= 4 is 0 Å². The number of aromatic nitrogens is 1. The molecule has 1 fully saturated rings. The highest BCUT2D eigenvalue weighted by atomic mass is 19.1. The highest BCUT2D eigenvalue weighted by Gasteiger charge is 2.29. The Morgan fingerprint density at radius 1 is 1.40 bits per heavy atom. The molecule has 2 aromatic rings. The van der Waals surface area contributed by atoms with E-state index < -0.39 is 0 Å². The third-order valence-corrected chi connectivity index (χ3v) is 3.90. The molecular formula is C16H19FN2O. The summed E-state index contributed by atoms with van der Waals surface area (Å²) in [7, 11) is 1.48. The normalized spacial score (nSPS) is 16.1. The largest absolute Gasteiger partial charge is 0.494 e. The van der Waals surface area contributed by atoms with Crippen LogP contribution < -0.4 is 10.5 Å². The first-order chi connectivity index (χ1) is 9.69. The van der Waals surface area contributed by atoms with E-state index in [1.165, 1.54) is 20.0 Å². The van der Waals surface area contributed by atoms with Gasteiger partial charge in [-0.05, 0) is 36.5 Å². The lowest BCUT2D eigenvalue weighted by molar-refractivity contribution is 0.383. The van der Waals surface area contributed by atoms with Gasteiger partial charge < -0.3 is 15.0 Å². The summed E-state index contributed by atoms with van der Waals surface area (Å²) >= 11 is 0. The molecule has 1 aliphatic rings. The van der Waals surface area contributed by atoms with E-state index in [1.807, 2.05) is 23.0 Å². The monoisotopic (exact) mass is 274 g/mol. The molecule has 20 heavy (non-hydrogen) atoms. The molecule has 0 bridgehead atoms. The first-order valence-corrected chi connectivity index (χ1v) is 6.91. The van der Waals surface area contributed by atoms with Crippen molar-refractivity contribution in [2.75, 3.05) is 7.11 Å². The van der Waals surface area contributed by atoms with Crippen molar-refractivity contribution in [3.8, 4) is 5.75 Å². The van der Waals surface area contributed by atoms with Crippen molar-refractivity contribution in [1.29, 1.82) is 0 Å². The van der Waals surface area contributed by atoms with Crippen molar-refractivity contribution in [2.45, 2.75) is 25.4 Å². The van der Waals surface area contributed by atoms with Crippen LogP contribution in [0.15, 0.2) is 36.7 Å². The molecular weight excluding hydrogens is 255 g/mol. The van der Waals surface area contributed by atoms with Crippen LogP contribution in [0.4, 0.5) is 4.39 Å². The molecule has 1 aliphatic carbocycles. The van der Waals surface area contributed by atoms with Crippen LogP contribution in [-0.4, -0.2) is 11.7 Å². The Kier molecular flexibility index (Phi) is 3.49. The zero-order chi connectivity index (χ0) is 14.1. The summed E-state index contributed by atoms with van der Waals surface area (Å²) in [6.07, 6.45) is 6.41. The third-order valence-electron chi connectivity index (χ3n) is 3.90. The van der Waals surface area contributed by atoms with E-state index in [-0.39, 0.29) is 17.6 Å². The van der Waals surface area contributed by atoms with Gasteiger partial charge >= 0.3 is 0 Å². The molecule has 0 saturated heterocycles. The maximum Gasteiger partial charge on any atom is 0.170 e. The summed E-state index contributed by atoms with van der Waals surface area (Å²) in [6.45, 7) is 0.487.